The van der Waals surface area contributed by atoms with Crippen molar-refractivity contribution in [3.05, 3.63) is 48.1 Å². The number of amides is 1. The Balaban J connectivity index is 1.11. The predicted octanol–water partition coefficient (Wildman–Crippen LogP) is 5.72. The molecule has 7 nitrogen and oxygen atoms in total. The van der Waals surface area contributed by atoms with Crippen molar-refractivity contribution in [2.24, 2.45) is 40.4 Å². The van der Waals surface area contributed by atoms with E-state index in [0.29, 0.717) is 30.1 Å². The van der Waals surface area contributed by atoms with Crippen LogP contribution >= 0.6 is 0 Å². The standard InChI is InChI=1S/C31H36F3NO6S/c1-17(4-11-25(37)35-42(38,39)20-7-5-19(6-8-20)41-31(32,33)34)21-9-10-22-26-23(13-15-29(21,22)2)30(3)14-12-18(36)16-24(30)27-28(26)40-27/h4-8,11,16-17,21-23,26-28H,9-10,12-15H2,1-3H3,(H,35,37)/b11-4+/t17-,21-,22+,23+,26+,27-,28+,29-,30-/m1/s1. The molecule has 0 radical (unpaired) electrons. The number of carbonyl (C=O) groups excluding carboxylic acids is 2. The first kappa shape index (κ1) is 29.4. The zero-order valence-corrected chi connectivity index (χ0v) is 24.6. The molecule has 6 rings (SSSR count). The monoisotopic (exact) mass is 607 g/mol. The number of halogens is 3. The molecule has 1 heterocycles. The molecule has 0 aromatic heterocycles. The van der Waals surface area contributed by atoms with Gasteiger partial charge < -0.3 is 9.47 Å². The predicted molar refractivity (Wildman–Crippen MR) is 146 cm³/mol. The average Bonchev–Trinajstić information content (AvgIpc) is 3.61. The van der Waals surface area contributed by atoms with Crippen molar-refractivity contribution in [1.29, 1.82) is 0 Å². The van der Waals surface area contributed by atoms with Crippen molar-refractivity contribution >= 4 is 21.7 Å². The Morgan fingerprint density at radius 1 is 1.12 bits per heavy atom. The maximum Gasteiger partial charge on any atom is 0.573 e. The minimum absolute atomic E-state index is 0.0104. The fourth-order valence-corrected chi connectivity index (χ4v) is 10.1. The Morgan fingerprint density at radius 2 is 1.83 bits per heavy atom. The molecule has 9 atom stereocenters. The molecule has 0 spiro atoms. The summed E-state index contributed by atoms with van der Waals surface area (Å²) in [6.45, 7) is 6.76. The number of hydrogen-bond acceptors (Lipinski definition) is 6. The third kappa shape index (κ3) is 5.00. The quantitative estimate of drug-likeness (QED) is 0.328. The van der Waals surface area contributed by atoms with Gasteiger partial charge in [0.1, 0.15) is 11.9 Å². The zero-order valence-electron chi connectivity index (χ0n) is 23.8. The lowest BCUT2D eigenvalue weighted by molar-refractivity contribution is -0.274. The van der Waals surface area contributed by atoms with E-state index in [4.69, 9.17) is 4.74 Å². The topological polar surface area (TPSA) is 102 Å². The van der Waals surface area contributed by atoms with Crippen LogP contribution in [0.15, 0.2) is 53.0 Å². The highest BCUT2D eigenvalue weighted by atomic mass is 32.2. The number of nitrogens with one attached hydrogen (secondary N) is 1. The van der Waals surface area contributed by atoms with E-state index in [0.717, 1.165) is 56.4 Å². The van der Waals surface area contributed by atoms with Gasteiger partial charge in [0.05, 0.1) is 11.0 Å². The average molecular weight is 608 g/mol. The highest BCUT2D eigenvalue weighted by molar-refractivity contribution is 7.90. The molecule has 1 aromatic carbocycles. The van der Waals surface area contributed by atoms with Crippen molar-refractivity contribution in [3.63, 3.8) is 0 Å². The molecule has 5 aliphatic rings. The van der Waals surface area contributed by atoms with Crippen molar-refractivity contribution < 1.29 is 40.7 Å². The number of rotatable bonds is 6. The number of hydrogen-bond donors (Lipinski definition) is 1. The van der Waals surface area contributed by atoms with Gasteiger partial charge in [0.2, 0.25) is 0 Å². The lowest BCUT2D eigenvalue weighted by Gasteiger charge is -2.57. The Kier molecular flexibility index (Phi) is 6.96. The van der Waals surface area contributed by atoms with Crippen molar-refractivity contribution in [2.45, 2.75) is 82.8 Å². The summed E-state index contributed by atoms with van der Waals surface area (Å²) in [7, 11) is -4.28. The molecular weight excluding hydrogens is 571 g/mol. The number of fused-ring (bicyclic) bond motifs is 8. The number of carbonyl (C=O) groups is 2. The molecule has 1 N–H and O–H groups in total. The summed E-state index contributed by atoms with van der Waals surface area (Å²) in [6, 6.07) is 3.65. The van der Waals surface area contributed by atoms with Gasteiger partial charge in [0, 0.05) is 12.5 Å². The van der Waals surface area contributed by atoms with E-state index >= 15 is 0 Å². The van der Waals surface area contributed by atoms with Crippen molar-refractivity contribution in [3.8, 4) is 5.75 Å². The Labute approximate surface area is 244 Å². The van der Waals surface area contributed by atoms with Crippen LogP contribution in [0.2, 0.25) is 0 Å². The number of benzene rings is 1. The van der Waals surface area contributed by atoms with Crippen LogP contribution in [0.25, 0.3) is 0 Å². The molecular formula is C31H36F3NO6S. The van der Waals surface area contributed by atoms with Crippen LogP contribution in [-0.4, -0.2) is 38.7 Å². The second kappa shape index (κ2) is 9.94. The van der Waals surface area contributed by atoms with Crippen molar-refractivity contribution in [1.82, 2.24) is 4.72 Å². The number of allylic oxidation sites excluding steroid dienone is 1. The first-order valence-electron chi connectivity index (χ1n) is 14.6. The minimum atomic E-state index is -4.90. The van der Waals surface area contributed by atoms with E-state index < -0.39 is 28.0 Å². The van der Waals surface area contributed by atoms with E-state index in [-0.39, 0.29) is 39.6 Å². The van der Waals surface area contributed by atoms with Gasteiger partial charge in [-0.1, -0.05) is 26.8 Å². The maximum atomic E-state index is 12.6. The minimum Gasteiger partial charge on any atom is -0.406 e. The zero-order chi connectivity index (χ0) is 30.2. The summed E-state index contributed by atoms with van der Waals surface area (Å²) in [6.07, 6.45) is 5.94. The van der Waals surface area contributed by atoms with Gasteiger partial charge in [0.25, 0.3) is 15.9 Å². The molecule has 1 aromatic rings. The number of alkyl halides is 3. The van der Waals surface area contributed by atoms with Gasteiger partial charge >= 0.3 is 6.36 Å². The fourth-order valence-electron chi connectivity index (χ4n) is 9.13. The van der Waals surface area contributed by atoms with E-state index in [1.54, 1.807) is 6.08 Å². The summed E-state index contributed by atoms with van der Waals surface area (Å²) in [5.74, 6) is 0.614. The first-order valence-corrected chi connectivity index (χ1v) is 16.1. The molecule has 4 fully saturated rings. The summed E-state index contributed by atoms with van der Waals surface area (Å²) in [5, 5.41) is 0. The summed E-state index contributed by atoms with van der Waals surface area (Å²) < 4.78 is 74.4. The van der Waals surface area contributed by atoms with E-state index in [1.807, 2.05) is 10.8 Å². The molecule has 228 valence electrons. The lowest BCUT2D eigenvalue weighted by atomic mass is 9.46. The summed E-state index contributed by atoms with van der Waals surface area (Å²) >= 11 is 0. The molecule has 0 bridgehead atoms. The molecule has 1 amide bonds. The smallest absolute Gasteiger partial charge is 0.406 e. The fraction of sp³-hybridized carbons (Fsp3) is 0.613. The molecule has 1 aliphatic heterocycles. The lowest BCUT2D eigenvalue weighted by Crippen LogP contribution is -2.53. The Bertz CT molecular complexity index is 1450. The van der Waals surface area contributed by atoms with Gasteiger partial charge in [-0.15, -0.1) is 13.2 Å². The second-order valence-corrected chi connectivity index (χ2v) is 14.9. The third-order valence-corrected chi connectivity index (χ3v) is 12.5. The maximum absolute atomic E-state index is 12.6. The number of epoxide rings is 1. The van der Waals surface area contributed by atoms with E-state index in [2.05, 4.69) is 25.5 Å². The molecule has 0 unspecified atom stereocenters. The van der Waals surface area contributed by atoms with Gasteiger partial charge in [-0.25, -0.2) is 13.1 Å². The second-order valence-electron chi connectivity index (χ2n) is 13.2. The third-order valence-electron chi connectivity index (χ3n) is 11.1. The highest BCUT2D eigenvalue weighted by Gasteiger charge is 2.69. The highest BCUT2D eigenvalue weighted by Crippen LogP contribution is 2.70. The van der Waals surface area contributed by atoms with Crippen LogP contribution in [0.4, 0.5) is 13.2 Å². The van der Waals surface area contributed by atoms with Gasteiger partial charge in [-0.2, -0.15) is 0 Å². The van der Waals surface area contributed by atoms with Gasteiger partial charge in [-0.3, -0.25) is 9.59 Å². The van der Waals surface area contributed by atoms with Gasteiger partial charge in [0.15, 0.2) is 5.78 Å². The van der Waals surface area contributed by atoms with Crippen LogP contribution in [0.1, 0.15) is 59.3 Å². The van der Waals surface area contributed by atoms with E-state index in [1.165, 1.54) is 11.6 Å². The van der Waals surface area contributed by atoms with Crippen LogP contribution < -0.4 is 9.46 Å². The van der Waals surface area contributed by atoms with Crippen LogP contribution in [0.5, 0.6) is 5.75 Å². The summed E-state index contributed by atoms with van der Waals surface area (Å²) in [5.41, 5.74) is 1.29. The SMILES string of the molecule is C[C@H](/C=C/C(=O)NS(=O)(=O)c1ccc(OC(F)(F)F)cc1)[C@H]1CC[C@H]2[C@@H]3[C@@H]4O[C@@H]4C4=CC(=O)CC[C@]4(C)[C@H]3CC[C@]12C. The van der Waals surface area contributed by atoms with Crippen LogP contribution in [-0.2, 0) is 24.3 Å². The molecule has 4 aliphatic carbocycles. The molecule has 3 saturated carbocycles. The van der Waals surface area contributed by atoms with Gasteiger partial charge in [-0.05, 0) is 108 Å². The number of ether oxygens (including phenoxy) is 2. The van der Waals surface area contributed by atoms with Crippen molar-refractivity contribution in [2.75, 3.05) is 0 Å². The van der Waals surface area contributed by atoms with Crippen LogP contribution in [0.3, 0.4) is 0 Å². The number of ketones is 1. The van der Waals surface area contributed by atoms with E-state index in [9.17, 15) is 31.2 Å². The summed E-state index contributed by atoms with van der Waals surface area (Å²) in [4.78, 5) is 24.5. The Morgan fingerprint density at radius 3 is 2.52 bits per heavy atom. The first-order chi connectivity index (χ1) is 19.6. The Hall–Kier alpha value is -2.66. The van der Waals surface area contributed by atoms with Crippen LogP contribution in [0, 0.1) is 40.4 Å². The molecule has 42 heavy (non-hydrogen) atoms. The normalized spacial score (nSPS) is 38.0. The molecule has 1 saturated heterocycles. The molecule has 11 heteroatoms. The largest absolute Gasteiger partial charge is 0.573 e. The number of sulfonamides is 1.